The zero-order chi connectivity index (χ0) is 15.2. The Labute approximate surface area is 122 Å². The number of imidazole rings is 1. The average Bonchev–Trinajstić information content (AvgIpc) is 2.92. The highest BCUT2D eigenvalue weighted by atomic mass is 16.6. The first kappa shape index (κ1) is 15.0. The Bertz CT molecular complexity index is 624. The van der Waals surface area contributed by atoms with Gasteiger partial charge in [-0.1, -0.05) is 13.0 Å². The molecule has 0 atom stereocenters. The van der Waals surface area contributed by atoms with E-state index in [1.54, 1.807) is 24.7 Å². The lowest BCUT2D eigenvalue weighted by Gasteiger charge is -2.10. The van der Waals surface area contributed by atoms with Gasteiger partial charge in [-0.3, -0.25) is 10.1 Å². The second-order valence-electron chi connectivity index (χ2n) is 4.63. The summed E-state index contributed by atoms with van der Waals surface area (Å²) in [5.41, 5.74) is 7.17. The summed E-state index contributed by atoms with van der Waals surface area (Å²) in [5, 5.41) is 11.0. The summed E-state index contributed by atoms with van der Waals surface area (Å²) in [7, 11) is 0. The van der Waals surface area contributed by atoms with Crippen LogP contribution in [0.2, 0.25) is 0 Å². The van der Waals surface area contributed by atoms with Crippen LogP contribution >= 0.6 is 0 Å². The van der Waals surface area contributed by atoms with Gasteiger partial charge in [-0.15, -0.1) is 0 Å². The maximum absolute atomic E-state index is 11.0. The van der Waals surface area contributed by atoms with Crippen molar-refractivity contribution < 1.29 is 9.66 Å². The van der Waals surface area contributed by atoms with Crippen LogP contribution < -0.4 is 10.5 Å². The fourth-order valence-corrected chi connectivity index (χ4v) is 2.01. The van der Waals surface area contributed by atoms with Crippen LogP contribution in [0.25, 0.3) is 0 Å². The van der Waals surface area contributed by atoms with Gasteiger partial charge in [0.2, 0.25) is 0 Å². The predicted molar refractivity (Wildman–Crippen MR) is 77.8 cm³/mol. The minimum atomic E-state index is -0.459. The molecule has 2 N–H and O–H groups in total. The summed E-state index contributed by atoms with van der Waals surface area (Å²) >= 11 is 0. The highest BCUT2D eigenvalue weighted by Crippen LogP contribution is 2.28. The van der Waals surface area contributed by atoms with E-state index < -0.39 is 4.92 Å². The molecule has 0 saturated heterocycles. The number of aromatic nitrogens is 2. The Morgan fingerprint density at radius 1 is 1.48 bits per heavy atom. The molecule has 0 aliphatic carbocycles. The molecule has 2 rings (SSSR count). The Hall–Kier alpha value is -2.41. The van der Waals surface area contributed by atoms with Crippen LogP contribution in [0.15, 0.2) is 30.7 Å². The Morgan fingerprint density at radius 2 is 2.29 bits per heavy atom. The number of hydrogen-bond acceptors (Lipinski definition) is 5. The first-order valence-electron chi connectivity index (χ1n) is 6.75. The number of rotatable bonds is 7. The van der Waals surface area contributed by atoms with Gasteiger partial charge in [-0.25, -0.2) is 4.98 Å². The molecule has 0 amide bonds. The van der Waals surface area contributed by atoms with Crippen molar-refractivity contribution in [2.45, 2.75) is 33.0 Å². The third kappa shape index (κ3) is 3.57. The van der Waals surface area contributed by atoms with E-state index in [-0.39, 0.29) is 18.0 Å². The number of benzene rings is 1. The molecule has 7 nitrogen and oxygen atoms in total. The molecule has 21 heavy (non-hydrogen) atoms. The molecular formula is C14H18N4O3. The van der Waals surface area contributed by atoms with Gasteiger partial charge in [-0.2, -0.15) is 0 Å². The number of nitrogens with zero attached hydrogens (tertiary/aromatic N) is 3. The molecule has 0 aliphatic heterocycles. The summed E-state index contributed by atoms with van der Waals surface area (Å²) in [6, 6.07) is 4.66. The number of nitro benzene ring substituents is 1. The molecule has 1 heterocycles. The lowest BCUT2D eigenvalue weighted by molar-refractivity contribution is -0.386. The number of ether oxygens (including phenoxy) is 1. The fourth-order valence-electron chi connectivity index (χ4n) is 2.01. The van der Waals surface area contributed by atoms with Crippen molar-refractivity contribution in [3.8, 4) is 5.75 Å². The summed E-state index contributed by atoms with van der Waals surface area (Å²) in [5.74, 6) is 0.229. The molecule has 0 aliphatic rings. The van der Waals surface area contributed by atoms with E-state index in [0.717, 1.165) is 24.2 Å². The minimum Gasteiger partial charge on any atom is -0.480 e. The first-order valence-corrected chi connectivity index (χ1v) is 6.75. The quantitative estimate of drug-likeness (QED) is 0.623. The van der Waals surface area contributed by atoms with E-state index in [9.17, 15) is 10.1 Å². The second-order valence-corrected chi connectivity index (χ2v) is 4.63. The monoisotopic (exact) mass is 290 g/mol. The van der Waals surface area contributed by atoms with E-state index in [1.165, 1.54) is 6.07 Å². The lowest BCUT2D eigenvalue weighted by atomic mass is 10.2. The number of nitrogens with two attached hydrogens (primary N) is 1. The molecule has 0 radical (unpaired) electrons. The van der Waals surface area contributed by atoms with Crippen molar-refractivity contribution >= 4 is 5.69 Å². The summed E-state index contributed by atoms with van der Waals surface area (Å²) in [4.78, 5) is 14.6. The summed E-state index contributed by atoms with van der Waals surface area (Å²) < 4.78 is 7.59. The van der Waals surface area contributed by atoms with Crippen molar-refractivity contribution in [3.63, 3.8) is 0 Å². The van der Waals surface area contributed by atoms with Gasteiger partial charge in [0.15, 0.2) is 5.75 Å². The van der Waals surface area contributed by atoms with E-state index in [1.807, 2.05) is 4.57 Å². The fraction of sp³-hybridized carbons (Fsp3) is 0.357. The van der Waals surface area contributed by atoms with Crippen LogP contribution in [-0.4, -0.2) is 14.5 Å². The first-order chi connectivity index (χ1) is 10.2. The molecule has 0 unspecified atom stereocenters. The molecule has 1 aromatic heterocycles. The van der Waals surface area contributed by atoms with Crippen LogP contribution in [0.1, 0.15) is 24.6 Å². The van der Waals surface area contributed by atoms with Crippen molar-refractivity contribution in [3.05, 3.63) is 52.1 Å². The van der Waals surface area contributed by atoms with Crippen molar-refractivity contribution in [2.24, 2.45) is 5.73 Å². The molecular weight excluding hydrogens is 272 g/mol. The SMILES string of the molecule is CCCn1cncc1COc1cc(CN)ccc1[N+](=O)[O-]. The molecule has 7 heteroatoms. The maximum Gasteiger partial charge on any atom is 0.310 e. The van der Waals surface area contributed by atoms with Gasteiger partial charge in [0.25, 0.3) is 0 Å². The normalized spacial score (nSPS) is 10.6. The van der Waals surface area contributed by atoms with Crippen LogP contribution in [0.4, 0.5) is 5.69 Å². The van der Waals surface area contributed by atoms with E-state index in [2.05, 4.69) is 11.9 Å². The molecule has 2 aromatic rings. The van der Waals surface area contributed by atoms with Crippen LogP contribution in [-0.2, 0) is 19.7 Å². The second kappa shape index (κ2) is 6.85. The lowest BCUT2D eigenvalue weighted by Crippen LogP contribution is -2.06. The zero-order valence-electron chi connectivity index (χ0n) is 11.9. The van der Waals surface area contributed by atoms with Gasteiger partial charge < -0.3 is 15.0 Å². The Kier molecular flexibility index (Phi) is 4.89. The third-order valence-corrected chi connectivity index (χ3v) is 3.10. The van der Waals surface area contributed by atoms with Crippen LogP contribution in [0, 0.1) is 10.1 Å². The summed E-state index contributed by atoms with van der Waals surface area (Å²) in [6.07, 6.45) is 4.41. The molecule has 1 aromatic carbocycles. The number of aryl methyl sites for hydroxylation is 1. The van der Waals surface area contributed by atoms with Gasteiger partial charge >= 0.3 is 5.69 Å². The highest BCUT2D eigenvalue weighted by Gasteiger charge is 2.16. The Balaban J connectivity index is 2.18. The smallest absolute Gasteiger partial charge is 0.310 e. The van der Waals surface area contributed by atoms with Crippen molar-refractivity contribution in [1.82, 2.24) is 9.55 Å². The summed E-state index contributed by atoms with van der Waals surface area (Å²) in [6.45, 7) is 3.45. The molecule has 0 fully saturated rings. The van der Waals surface area contributed by atoms with Gasteiger partial charge in [0.1, 0.15) is 6.61 Å². The van der Waals surface area contributed by atoms with E-state index in [4.69, 9.17) is 10.5 Å². The maximum atomic E-state index is 11.0. The van der Waals surface area contributed by atoms with Crippen LogP contribution in [0.3, 0.4) is 0 Å². The Morgan fingerprint density at radius 3 is 2.95 bits per heavy atom. The van der Waals surface area contributed by atoms with Gasteiger partial charge in [0, 0.05) is 19.2 Å². The zero-order valence-corrected chi connectivity index (χ0v) is 11.9. The van der Waals surface area contributed by atoms with E-state index in [0.29, 0.717) is 6.54 Å². The molecule has 0 spiro atoms. The number of nitro groups is 1. The van der Waals surface area contributed by atoms with Gasteiger partial charge in [-0.05, 0) is 18.1 Å². The highest BCUT2D eigenvalue weighted by molar-refractivity contribution is 5.48. The molecule has 0 saturated carbocycles. The topological polar surface area (TPSA) is 96.2 Å². The third-order valence-electron chi connectivity index (χ3n) is 3.10. The van der Waals surface area contributed by atoms with Crippen LogP contribution in [0.5, 0.6) is 5.75 Å². The van der Waals surface area contributed by atoms with Crippen molar-refractivity contribution in [2.75, 3.05) is 0 Å². The standard InChI is InChI=1S/C14H18N4O3/c1-2-5-17-10-16-8-12(17)9-21-14-6-11(7-15)3-4-13(14)18(19)20/h3-4,6,8,10H,2,5,7,9,15H2,1H3. The average molecular weight is 290 g/mol. The largest absolute Gasteiger partial charge is 0.480 e. The molecule has 112 valence electrons. The predicted octanol–water partition coefficient (Wildman–Crippen LogP) is 2.24. The van der Waals surface area contributed by atoms with Crippen molar-refractivity contribution in [1.29, 1.82) is 0 Å². The number of hydrogen-bond donors (Lipinski definition) is 1. The van der Waals surface area contributed by atoms with Gasteiger partial charge in [0.05, 0.1) is 23.1 Å². The molecule has 0 bridgehead atoms. The minimum absolute atomic E-state index is 0.0613. The van der Waals surface area contributed by atoms with E-state index >= 15 is 0 Å².